The highest BCUT2D eigenvalue weighted by Gasteiger charge is 2.38. The average molecular weight is 219 g/mol. The Morgan fingerprint density at radius 1 is 1.33 bits per heavy atom. The Balaban J connectivity index is 3.15. The molecule has 5 heteroatoms. The lowest BCUT2D eigenvalue weighted by atomic mass is 10.0. The SMILES string of the molecule is COc1cccc([C@@H](N)C(F)(F)F)c1C. The Morgan fingerprint density at radius 2 is 1.93 bits per heavy atom. The van der Waals surface area contributed by atoms with Crippen molar-refractivity contribution >= 4 is 0 Å². The summed E-state index contributed by atoms with van der Waals surface area (Å²) >= 11 is 0. The monoisotopic (exact) mass is 219 g/mol. The molecule has 0 amide bonds. The molecule has 1 aromatic rings. The van der Waals surface area contributed by atoms with E-state index in [9.17, 15) is 13.2 Å². The minimum absolute atomic E-state index is 0.0434. The summed E-state index contributed by atoms with van der Waals surface area (Å²) in [5.41, 5.74) is 5.58. The van der Waals surface area contributed by atoms with Gasteiger partial charge in [-0.25, -0.2) is 0 Å². The lowest BCUT2D eigenvalue weighted by molar-refractivity contribution is -0.149. The standard InChI is InChI=1S/C10H12F3NO/c1-6-7(9(14)10(11,12)13)4-3-5-8(6)15-2/h3-5,9H,14H2,1-2H3/t9-/m1/s1. The molecule has 0 aliphatic rings. The molecule has 1 atom stereocenters. The highest BCUT2D eigenvalue weighted by molar-refractivity contribution is 5.41. The van der Waals surface area contributed by atoms with Crippen molar-refractivity contribution in [1.29, 1.82) is 0 Å². The number of methoxy groups -OCH3 is 1. The molecule has 0 spiro atoms. The van der Waals surface area contributed by atoms with Crippen molar-refractivity contribution in [3.05, 3.63) is 29.3 Å². The van der Waals surface area contributed by atoms with Crippen molar-refractivity contribution in [2.24, 2.45) is 5.73 Å². The van der Waals surface area contributed by atoms with Crippen LogP contribution in [-0.4, -0.2) is 13.3 Å². The van der Waals surface area contributed by atoms with Gasteiger partial charge in [0.15, 0.2) is 0 Å². The number of benzene rings is 1. The van der Waals surface area contributed by atoms with Gasteiger partial charge in [0, 0.05) is 0 Å². The van der Waals surface area contributed by atoms with Gasteiger partial charge in [0.05, 0.1) is 7.11 Å². The Morgan fingerprint density at radius 3 is 2.40 bits per heavy atom. The van der Waals surface area contributed by atoms with E-state index in [-0.39, 0.29) is 5.56 Å². The molecule has 0 fully saturated rings. The predicted octanol–water partition coefficient (Wildman–Crippen LogP) is 2.57. The van der Waals surface area contributed by atoms with Gasteiger partial charge < -0.3 is 10.5 Å². The van der Waals surface area contributed by atoms with Crippen molar-refractivity contribution < 1.29 is 17.9 Å². The maximum atomic E-state index is 12.4. The molecule has 84 valence electrons. The Hall–Kier alpha value is -1.23. The van der Waals surface area contributed by atoms with Crippen molar-refractivity contribution in [2.75, 3.05) is 7.11 Å². The fourth-order valence-corrected chi connectivity index (χ4v) is 1.37. The van der Waals surface area contributed by atoms with Gasteiger partial charge in [0.25, 0.3) is 0 Å². The molecule has 0 heterocycles. The molecule has 0 bridgehead atoms. The lowest BCUT2D eigenvalue weighted by Crippen LogP contribution is -2.29. The maximum Gasteiger partial charge on any atom is 0.407 e. The Labute approximate surface area is 85.8 Å². The normalized spacial score (nSPS) is 13.7. The van der Waals surface area contributed by atoms with Crippen LogP contribution in [0.25, 0.3) is 0 Å². The molecule has 0 aromatic heterocycles. The number of hydrogen-bond donors (Lipinski definition) is 1. The Kier molecular flexibility index (Phi) is 3.24. The predicted molar refractivity (Wildman–Crippen MR) is 50.7 cm³/mol. The van der Waals surface area contributed by atoms with Gasteiger partial charge >= 0.3 is 6.18 Å². The number of nitrogens with two attached hydrogens (primary N) is 1. The lowest BCUT2D eigenvalue weighted by Gasteiger charge is -2.19. The summed E-state index contributed by atoms with van der Waals surface area (Å²) in [6.07, 6.45) is -4.43. The zero-order valence-corrected chi connectivity index (χ0v) is 8.43. The molecule has 1 aromatic carbocycles. The van der Waals surface area contributed by atoms with E-state index in [1.807, 2.05) is 0 Å². The van der Waals surface area contributed by atoms with Crippen LogP contribution >= 0.6 is 0 Å². The van der Waals surface area contributed by atoms with Gasteiger partial charge in [-0.1, -0.05) is 12.1 Å². The molecule has 0 unspecified atom stereocenters. The summed E-state index contributed by atoms with van der Waals surface area (Å²) in [6, 6.07) is 2.48. The van der Waals surface area contributed by atoms with Gasteiger partial charge in [-0.15, -0.1) is 0 Å². The van der Waals surface area contributed by atoms with E-state index in [1.165, 1.54) is 19.2 Å². The smallest absolute Gasteiger partial charge is 0.407 e. The molecule has 2 N–H and O–H groups in total. The van der Waals surface area contributed by atoms with Crippen molar-refractivity contribution in [3.63, 3.8) is 0 Å². The fraction of sp³-hybridized carbons (Fsp3) is 0.400. The minimum Gasteiger partial charge on any atom is -0.496 e. The van der Waals surface area contributed by atoms with E-state index in [4.69, 9.17) is 10.5 Å². The first-order valence-corrected chi connectivity index (χ1v) is 4.33. The molecule has 1 rings (SSSR count). The first-order chi connectivity index (χ1) is 6.88. The van der Waals surface area contributed by atoms with E-state index in [1.54, 1.807) is 13.0 Å². The third-order valence-electron chi connectivity index (χ3n) is 2.23. The molecule has 0 aliphatic heterocycles. The first kappa shape index (κ1) is 11.8. The highest BCUT2D eigenvalue weighted by Crippen LogP contribution is 2.34. The summed E-state index contributed by atoms with van der Waals surface area (Å²) < 4.78 is 42.1. The zero-order chi connectivity index (χ0) is 11.6. The second-order valence-corrected chi connectivity index (χ2v) is 3.19. The molecule has 0 saturated heterocycles. The molecule has 15 heavy (non-hydrogen) atoms. The number of rotatable bonds is 2. The topological polar surface area (TPSA) is 35.2 Å². The quantitative estimate of drug-likeness (QED) is 0.829. The highest BCUT2D eigenvalue weighted by atomic mass is 19.4. The van der Waals surface area contributed by atoms with Crippen LogP contribution in [0.15, 0.2) is 18.2 Å². The largest absolute Gasteiger partial charge is 0.496 e. The van der Waals surface area contributed by atoms with Crippen LogP contribution < -0.4 is 10.5 Å². The van der Waals surface area contributed by atoms with Crippen molar-refractivity contribution in [2.45, 2.75) is 19.1 Å². The van der Waals surface area contributed by atoms with Crippen LogP contribution in [0.2, 0.25) is 0 Å². The van der Waals surface area contributed by atoms with Crippen LogP contribution in [0.5, 0.6) is 5.75 Å². The van der Waals surface area contributed by atoms with Crippen LogP contribution in [0, 0.1) is 6.92 Å². The van der Waals surface area contributed by atoms with E-state index in [0.717, 1.165) is 0 Å². The number of halogens is 3. The second-order valence-electron chi connectivity index (χ2n) is 3.19. The molecule has 0 aliphatic carbocycles. The molecular formula is C10H12F3NO. The number of hydrogen-bond acceptors (Lipinski definition) is 2. The van der Waals surface area contributed by atoms with Crippen LogP contribution in [0.3, 0.4) is 0 Å². The summed E-state index contributed by atoms with van der Waals surface area (Å²) in [6.45, 7) is 1.56. The van der Waals surface area contributed by atoms with Gasteiger partial charge in [-0.05, 0) is 24.1 Å². The Bertz CT molecular complexity index is 349. The van der Waals surface area contributed by atoms with Gasteiger partial charge in [0.1, 0.15) is 11.8 Å². The minimum atomic E-state index is -4.43. The molecular weight excluding hydrogens is 207 g/mol. The third-order valence-corrected chi connectivity index (χ3v) is 2.23. The van der Waals surface area contributed by atoms with E-state index >= 15 is 0 Å². The van der Waals surface area contributed by atoms with E-state index in [0.29, 0.717) is 11.3 Å². The van der Waals surface area contributed by atoms with Gasteiger partial charge in [-0.3, -0.25) is 0 Å². The number of ether oxygens (including phenoxy) is 1. The van der Waals surface area contributed by atoms with E-state index in [2.05, 4.69) is 0 Å². The summed E-state index contributed by atoms with van der Waals surface area (Å²) in [7, 11) is 1.41. The molecule has 0 radical (unpaired) electrons. The number of alkyl halides is 3. The summed E-state index contributed by atoms with van der Waals surface area (Å²) in [4.78, 5) is 0. The maximum absolute atomic E-state index is 12.4. The van der Waals surface area contributed by atoms with Crippen molar-refractivity contribution in [1.82, 2.24) is 0 Å². The zero-order valence-electron chi connectivity index (χ0n) is 8.43. The average Bonchev–Trinajstić information content (AvgIpc) is 2.16. The van der Waals surface area contributed by atoms with Crippen LogP contribution in [-0.2, 0) is 0 Å². The third kappa shape index (κ3) is 2.41. The molecule has 0 saturated carbocycles. The molecule has 2 nitrogen and oxygen atoms in total. The van der Waals surface area contributed by atoms with Crippen LogP contribution in [0.4, 0.5) is 13.2 Å². The van der Waals surface area contributed by atoms with Gasteiger partial charge in [-0.2, -0.15) is 13.2 Å². The summed E-state index contributed by atoms with van der Waals surface area (Å²) in [5.74, 6) is 0.409. The van der Waals surface area contributed by atoms with E-state index < -0.39 is 12.2 Å². The fourth-order valence-electron chi connectivity index (χ4n) is 1.37. The first-order valence-electron chi connectivity index (χ1n) is 4.33. The summed E-state index contributed by atoms with van der Waals surface area (Å²) in [5, 5.41) is 0. The van der Waals surface area contributed by atoms with Crippen molar-refractivity contribution in [3.8, 4) is 5.75 Å². The second kappa shape index (κ2) is 4.10. The van der Waals surface area contributed by atoms with Gasteiger partial charge in [0.2, 0.25) is 0 Å². The van der Waals surface area contributed by atoms with Crippen LogP contribution in [0.1, 0.15) is 17.2 Å².